The van der Waals surface area contributed by atoms with Crippen LogP contribution >= 0.6 is 0 Å². The molecule has 0 unspecified atom stereocenters. The van der Waals surface area contributed by atoms with Crippen LogP contribution in [0.15, 0.2) is 77.8 Å². The lowest BCUT2D eigenvalue weighted by Crippen LogP contribution is -2.08. The maximum absolute atomic E-state index is 13.2. The summed E-state index contributed by atoms with van der Waals surface area (Å²) in [5.74, 6) is 0.407. The zero-order valence-corrected chi connectivity index (χ0v) is 16.9. The molecule has 3 aromatic carbocycles. The van der Waals surface area contributed by atoms with Gasteiger partial charge in [-0.15, -0.1) is 0 Å². The van der Waals surface area contributed by atoms with Crippen molar-refractivity contribution in [2.24, 2.45) is 4.99 Å². The van der Waals surface area contributed by atoms with E-state index < -0.39 is 5.97 Å². The van der Waals surface area contributed by atoms with Crippen molar-refractivity contribution in [3.8, 4) is 11.5 Å². The third kappa shape index (κ3) is 6.55. The first-order chi connectivity index (χ1) is 14.6. The van der Waals surface area contributed by atoms with E-state index in [0.29, 0.717) is 23.6 Å². The molecule has 0 bridgehead atoms. The van der Waals surface area contributed by atoms with Gasteiger partial charge in [-0.25, -0.2) is 9.18 Å². The predicted octanol–water partition coefficient (Wildman–Crippen LogP) is 6.36. The fourth-order valence-corrected chi connectivity index (χ4v) is 2.72. The van der Waals surface area contributed by atoms with Crippen molar-refractivity contribution in [1.82, 2.24) is 0 Å². The van der Waals surface area contributed by atoms with Crippen molar-refractivity contribution in [2.75, 3.05) is 6.61 Å². The molecule has 3 rings (SSSR count). The summed E-state index contributed by atoms with van der Waals surface area (Å²) in [5.41, 5.74) is 1.79. The first-order valence-corrected chi connectivity index (χ1v) is 9.99. The normalized spacial score (nSPS) is 10.9. The molecule has 3 aromatic rings. The number of rotatable bonds is 9. The maximum Gasteiger partial charge on any atom is 0.343 e. The van der Waals surface area contributed by atoms with Gasteiger partial charge in [-0.2, -0.15) is 0 Å². The van der Waals surface area contributed by atoms with Crippen LogP contribution in [0.25, 0.3) is 0 Å². The average molecular weight is 405 g/mol. The highest BCUT2D eigenvalue weighted by molar-refractivity contribution is 5.91. The number of hydrogen-bond acceptors (Lipinski definition) is 4. The molecule has 154 valence electrons. The Labute approximate surface area is 176 Å². The molecular formula is C25H24FNO3. The Morgan fingerprint density at radius 3 is 2.40 bits per heavy atom. The quantitative estimate of drug-likeness (QED) is 0.180. The molecule has 0 heterocycles. The second-order valence-electron chi connectivity index (χ2n) is 6.78. The molecule has 5 heteroatoms. The summed E-state index contributed by atoms with van der Waals surface area (Å²) >= 11 is 0. The molecule has 0 radical (unpaired) electrons. The number of ether oxygens (including phenoxy) is 2. The van der Waals surface area contributed by atoms with E-state index in [2.05, 4.69) is 11.9 Å². The Hall–Kier alpha value is -3.47. The van der Waals surface area contributed by atoms with Crippen molar-refractivity contribution in [1.29, 1.82) is 0 Å². The molecular weight excluding hydrogens is 381 g/mol. The van der Waals surface area contributed by atoms with E-state index in [4.69, 9.17) is 9.47 Å². The third-order valence-electron chi connectivity index (χ3n) is 4.37. The van der Waals surface area contributed by atoms with Gasteiger partial charge in [-0.05, 0) is 78.7 Å². The minimum Gasteiger partial charge on any atom is -0.494 e. The number of carbonyl (C=O) groups excluding carboxylic acids is 1. The van der Waals surface area contributed by atoms with Gasteiger partial charge in [-0.3, -0.25) is 4.99 Å². The van der Waals surface area contributed by atoms with Gasteiger partial charge in [0.25, 0.3) is 0 Å². The van der Waals surface area contributed by atoms with Crippen molar-refractivity contribution in [2.45, 2.75) is 26.2 Å². The lowest BCUT2D eigenvalue weighted by atomic mass is 10.2. The summed E-state index contributed by atoms with van der Waals surface area (Å²) < 4.78 is 24.2. The third-order valence-corrected chi connectivity index (χ3v) is 4.37. The van der Waals surface area contributed by atoms with Crippen molar-refractivity contribution in [3.63, 3.8) is 0 Å². The number of esters is 1. The highest BCUT2D eigenvalue weighted by atomic mass is 19.1. The summed E-state index contributed by atoms with van der Waals surface area (Å²) in [6.07, 6.45) is 4.93. The Morgan fingerprint density at radius 1 is 0.967 bits per heavy atom. The van der Waals surface area contributed by atoms with Crippen LogP contribution in [0.5, 0.6) is 11.5 Å². The molecule has 0 amide bonds. The molecule has 0 fully saturated rings. The van der Waals surface area contributed by atoms with Crippen LogP contribution in [0.4, 0.5) is 10.1 Å². The Kier molecular flexibility index (Phi) is 7.72. The first-order valence-electron chi connectivity index (χ1n) is 9.99. The lowest BCUT2D eigenvalue weighted by Gasteiger charge is -2.07. The van der Waals surface area contributed by atoms with Crippen molar-refractivity contribution < 1.29 is 18.7 Å². The first kappa shape index (κ1) is 21.2. The summed E-state index contributed by atoms with van der Waals surface area (Å²) in [4.78, 5) is 16.6. The van der Waals surface area contributed by atoms with E-state index in [1.165, 1.54) is 12.1 Å². The average Bonchev–Trinajstić information content (AvgIpc) is 2.77. The molecule has 0 atom stereocenters. The summed E-state index contributed by atoms with van der Waals surface area (Å²) in [7, 11) is 0. The molecule has 0 N–H and O–H groups in total. The minimum atomic E-state index is -0.436. The zero-order chi connectivity index (χ0) is 21.2. The van der Waals surface area contributed by atoms with Gasteiger partial charge >= 0.3 is 5.97 Å². The number of halogens is 1. The topological polar surface area (TPSA) is 47.9 Å². The van der Waals surface area contributed by atoms with Gasteiger partial charge in [0.15, 0.2) is 0 Å². The van der Waals surface area contributed by atoms with E-state index in [1.54, 1.807) is 66.9 Å². The highest BCUT2D eigenvalue weighted by Crippen LogP contribution is 2.18. The SMILES string of the molecule is CCCCCOc1ccc(C(=O)Oc2ccc(C=Nc3cccc(F)c3)cc2)cc1. The molecule has 0 aliphatic heterocycles. The highest BCUT2D eigenvalue weighted by Gasteiger charge is 2.09. The van der Waals surface area contributed by atoms with Crippen LogP contribution in [0.3, 0.4) is 0 Å². The van der Waals surface area contributed by atoms with Gasteiger partial charge in [0, 0.05) is 6.21 Å². The molecule has 0 spiro atoms. The fourth-order valence-electron chi connectivity index (χ4n) is 2.72. The van der Waals surface area contributed by atoms with E-state index in [0.717, 1.165) is 30.6 Å². The van der Waals surface area contributed by atoms with E-state index in [9.17, 15) is 9.18 Å². The fraction of sp³-hybridized carbons (Fsp3) is 0.200. The second-order valence-corrected chi connectivity index (χ2v) is 6.78. The minimum absolute atomic E-state index is 0.331. The Bertz CT molecular complexity index is 982. The van der Waals surface area contributed by atoms with Gasteiger partial charge in [0.05, 0.1) is 17.9 Å². The molecule has 0 aliphatic carbocycles. The number of benzene rings is 3. The van der Waals surface area contributed by atoms with Crippen LogP contribution in [0.1, 0.15) is 42.1 Å². The molecule has 0 saturated carbocycles. The zero-order valence-electron chi connectivity index (χ0n) is 16.9. The summed E-state index contributed by atoms with van der Waals surface area (Å²) in [5, 5.41) is 0. The van der Waals surface area contributed by atoms with E-state index in [1.807, 2.05) is 0 Å². The van der Waals surface area contributed by atoms with E-state index >= 15 is 0 Å². The lowest BCUT2D eigenvalue weighted by molar-refractivity contribution is 0.0734. The monoisotopic (exact) mass is 405 g/mol. The standard InChI is InChI=1S/C25H24FNO3/c1-2-3-4-16-29-23-14-10-20(11-15-23)25(28)30-24-12-8-19(9-13-24)18-27-22-7-5-6-21(26)17-22/h5-15,17-18H,2-4,16H2,1H3. The largest absolute Gasteiger partial charge is 0.494 e. The second kappa shape index (κ2) is 10.9. The van der Waals surface area contributed by atoms with Crippen LogP contribution in [-0.4, -0.2) is 18.8 Å². The Balaban J connectivity index is 1.54. The number of hydrogen-bond donors (Lipinski definition) is 0. The smallest absolute Gasteiger partial charge is 0.343 e. The molecule has 0 aliphatic rings. The van der Waals surface area contributed by atoms with Crippen LogP contribution in [0, 0.1) is 5.82 Å². The van der Waals surface area contributed by atoms with Crippen molar-refractivity contribution >= 4 is 17.9 Å². The summed E-state index contributed by atoms with van der Waals surface area (Å²) in [6.45, 7) is 2.82. The molecule has 30 heavy (non-hydrogen) atoms. The number of unbranched alkanes of at least 4 members (excludes halogenated alkanes) is 2. The number of aliphatic imine (C=N–C) groups is 1. The molecule has 0 saturated heterocycles. The van der Waals surface area contributed by atoms with Gasteiger partial charge in [0.1, 0.15) is 17.3 Å². The van der Waals surface area contributed by atoms with Crippen LogP contribution < -0.4 is 9.47 Å². The van der Waals surface area contributed by atoms with Gasteiger partial charge in [0.2, 0.25) is 0 Å². The number of nitrogens with zero attached hydrogens (tertiary/aromatic N) is 1. The predicted molar refractivity (Wildman–Crippen MR) is 117 cm³/mol. The maximum atomic E-state index is 13.2. The van der Waals surface area contributed by atoms with Gasteiger partial charge in [-0.1, -0.05) is 25.8 Å². The Morgan fingerprint density at radius 2 is 1.70 bits per heavy atom. The number of carbonyl (C=O) groups is 1. The van der Waals surface area contributed by atoms with E-state index in [-0.39, 0.29) is 5.82 Å². The summed E-state index contributed by atoms with van der Waals surface area (Å²) in [6, 6.07) is 19.9. The van der Waals surface area contributed by atoms with Crippen molar-refractivity contribution in [3.05, 3.63) is 89.7 Å². The molecule has 0 aromatic heterocycles. The molecule has 4 nitrogen and oxygen atoms in total. The van der Waals surface area contributed by atoms with Gasteiger partial charge < -0.3 is 9.47 Å². The van der Waals surface area contributed by atoms with Crippen LogP contribution in [-0.2, 0) is 0 Å². The van der Waals surface area contributed by atoms with Crippen LogP contribution in [0.2, 0.25) is 0 Å².